The van der Waals surface area contributed by atoms with Gasteiger partial charge in [0.1, 0.15) is 6.04 Å². The van der Waals surface area contributed by atoms with Crippen molar-refractivity contribution in [1.82, 2.24) is 5.32 Å². The molecule has 0 aliphatic carbocycles. The fourth-order valence-corrected chi connectivity index (χ4v) is 2.20. The first kappa shape index (κ1) is 17.3. The van der Waals surface area contributed by atoms with Gasteiger partial charge in [0.15, 0.2) is 11.5 Å². The van der Waals surface area contributed by atoms with Crippen molar-refractivity contribution >= 4 is 5.97 Å². The summed E-state index contributed by atoms with van der Waals surface area (Å²) in [6.45, 7) is 4.65. The molecule has 0 aliphatic rings. The SMILES string of the molecule is COC(=O)C(CC(C)C)NCc1cccc(OC)c1OC. The van der Waals surface area contributed by atoms with Crippen LogP contribution in [0.2, 0.25) is 0 Å². The highest BCUT2D eigenvalue weighted by Crippen LogP contribution is 2.30. The maximum atomic E-state index is 11.8. The number of benzene rings is 1. The van der Waals surface area contributed by atoms with E-state index < -0.39 is 0 Å². The zero-order chi connectivity index (χ0) is 15.8. The van der Waals surface area contributed by atoms with Crippen molar-refractivity contribution in [2.24, 2.45) is 5.92 Å². The number of hydrogen-bond donors (Lipinski definition) is 1. The van der Waals surface area contributed by atoms with Crippen LogP contribution in [0.5, 0.6) is 11.5 Å². The Hall–Kier alpha value is -1.75. The topological polar surface area (TPSA) is 56.8 Å². The number of ether oxygens (including phenoxy) is 3. The summed E-state index contributed by atoms with van der Waals surface area (Å²) in [7, 11) is 4.61. The molecule has 0 amide bonds. The molecule has 118 valence electrons. The van der Waals surface area contributed by atoms with Crippen LogP contribution in [0.4, 0.5) is 0 Å². The minimum atomic E-state index is -0.328. The number of para-hydroxylation sites is 1. The Morgan fingerprint density at radius 1 is 1.19 bits per heavy atom. The second-order valence-electron chi connectivity index (χ2n) is 5.24. The standard InChI is InChI=1S/C16H25NO4/c1-11(2)9-13(16(18)21-5)17-10-12-7-6-8-14(19-3)15(12)20-4/h6-8,11,13,17H,9-10H2,1-5H3. The molecule has 0 bridgehead atoms. The number of esters is 1. The fourth-order valence-electron chi connectivity index (χ4n) is 2.20. The van der Waals surface area contributed by atoms with Crippen molar-refractivity contribution in [3.8, 4) is 11.5 Å². The van der Waals surface area contributed by atoms with Crippen LogP contribution in [-0.2, 0) is 16.1 Å². The van der Waals surface area contributed by atoms with E-state index in [4.69, 9.17) is 14.2 Å². The molecule has 0 heterocycles. The molecule has 21 heavy (non-hydrogen) atoms. The third kappa shape index (κ3) is 4.93. The van der Waals surface area contributed by atoms with E-state index in [1.165, 1.54) is 7.11 Å². The summed E-state index contributed by atoms with van der Waals surface area (Å²) < 4.78 is 15.5. The zero-order valence-corrected chi connectivity index (χ0v) is 13.4. The first-order chi connectivity index (χ1) is 10.0. The van der Waals surface area contributed by atoms with Crippen molar-refractivity contribution in [2.75, 3.05) is 21.3 Å². The van der Waals surface area contributed by atoms with Crippen molar-refractivity contribution in [3.05, 3.63) is 23.8 Å². The minimum absolute atomic E-state index is 0.245. The Labute approximate surface area is 126 Å². The van der Waals surface area contributed by atoms with E-state index in [0.29, 0.717) is 24.0 Å². The highest BCUT2D eigenvalue weighted by atomic mass is 16.5. The molecular formula is C16H25NO4. The lowest BCUT2D eigenvalue weighted by Gasteiger charge is -2.19. The second kappa shape index (κ2) is 8.52. The van der Waals surface area contributed by atoms with Gasteiger partial charge < -0.3 is 19.5 Å². The molecule has 1 rings (SSSR count). The summed E-state index contributed by atoms with van der Waals surface area (Å²) in [4.78, 5) is 11.8. The van der Waals surface area contributed by atoms with Crippen LogP contribution in [0.15, 0.2) is 18.2 Å². The Morgan fingerprint density at radius 2 is 1.90 bits per heavy atom. The molecule has 5 nitrogen and oxygen atoms in total. The Balaban J connectivity index is 2.82. The van der Waals surface area contributed by atoms with E-state index in [1.54, 1.807) is 14.2 Å². The van der Waals surface area contributed by atoms with Gasteiger partial charge in [-0.3, -0.25) is 4.79 Å². The van der Waals surface area contributed by atoms with Crippen LogP contribution in [0, 0.1) is 5.92 Å². The number of rotatable bonds is 8. The zero-order valence-electron chi connectivity index (χ0n) is 13.4. The van der Waals surface area contributed by atoms with Gasteiger partial charge in [-0.05, 0) is 18.4 Å². The molecule has 0 radical (unpaired) electrons. The van der Waals surface area contributed by atoms with Crippen LogP contribution in [0.25, 0.3) is 0 Å². The lowest BCUT2D eigenvalue weighted by molar-refractivity contribution is -0.143. The molecule has 0 spiro atoms. The van der Waals surface area contributed by atoms with Crippen molar-refractivity contribution in [1.29, 1.82) is 0 Å². The quantitative estimate of drug-likeness (QED) is 0.746. The van der Waals surface area contributed by atoms with Gasteiger partial charge in [0.2, 0.25) is 0 Å². The highest BCUT2D eigenvalue weighted by Gasteiger charge is 2.20. The van der Waals surface area contributed by atoms with Gasteiger partial charge >= 0.3 is 5.97 Å². The fraction of sp³-hybridized carbons (Fsp3) is 0.562. The first-order valence-corrected chi connectivity index (χ1v) is 7.04. The average molecular weight is 295 g/mol. The molecule has 1 N–H and O–H groups in total. The Bertz CT molecular complexity index is 460. The molecule has 1 aromatic carbocycles. The van der Waals surface area contributed by atoms with E-state index >= 15 is 0 Å². The second-order valence-corrected chi connectivity index (χ2v) is 5.24. The molecule has 1 atom stereocenters. The molecular weight excluding hydrogens is 270 g/mol. The summed E-state index contributed by atoms with van der Waals surface area (Å²) in [5, 5.41) is 3.23. The summed E-state index contributed by atoms with van der Waals surface area (Å²) in [6.07, 6.45) is 0.721. The van der Waals surface area contributed by atoms with Gasteiger partial charge in [0.25, 0.3) is 0 Å². The van der Waals surface area contributed by atoms with Gasteiger partial charge in [0.05, 0.1) is 21.3 Å². The van der Waals surface area contributed by atoms with Gasteiger partial charge in [-0.1, -0.05) is 26.0 Å². The molecule has 0 aromatic heterocycles. The molecule has 0 fully saturated rings. The predicted octanol–water partition coefficient (Wildman–Crippen LogP) is 2.38. The number of methoxy groups -OCH3 is 3. The number of carbonyl (C=O) groups is 1. The average Bonchev–Trinajstić information content (AvgIpc) is 2.49. The molecule has 1 unspecified atom stereocenters. The third-order valence-electron chi connectivity index (χ3n) is 3.22. The first-order valence-electron chi connectivity index (χ1n) is 7.04. The summed E-state index contributed by atoms with van der Waals surface area (Å²) in [5.41, 5.74) is 0.939. The third-order valence-corrected chi connectivity index (χ3v) is 3.22. The van der Waals surface area contributed by atoms with Gasteiger partial charge in [0, 0.05) is 12.1 Å². The van der Waals surface area contributed by atoms with Crippen LogP contribution >= 0.6 is 0 Å². The predicted molar refractivity (Wildman–Crippen MR) is 81.6 cm³/mol. The summed E-state index contributed by atoms with van der Waals surface area (Å²) >= 11 is 0. The van der Waals surface area contributed by atoms with E-state index in [1.807, 2.05) is 18.2 Å². The monoisotopic (exact) mass is 295 g/mol. The molecule has 0 saturated heterocycles. The molecule has 1 aromatic rings. The van der Waals surface area contributed by atoms with Crippen LogP contribution in [-0.4, -0.2) is 33.3 Å². The van der Waals surface area contributed by atoms with Gasteiger partial charge in [-0.2, -0.15) is 0 Å². The van der Waals surface area contributed by atoms with Crippen LogP contribution in [0.1, 0.15) is 25.8 Å². The van der Waals surface area contributed by atoms with Gasteiger partial charge in [-0.15, -0.1) is 0 Å². The highest BCUT2D eigenvalue weighted by molar-refractivity contribution is 5.75. The number of carbonyl (C=O) groups excluding carboxylic acids is 1. The smallest absolute Gasteiger partial charge is 0.322 e. The lowest BCUT2D eigenvalue weighted by Crippen LogP contribution is -2.38. The van der Waals surface area contributed by atoms with E-state index in [0.717, 1.165) is 12.0 Å². The van der Waals surface area contributed by atoms with Gasteiger partial charge in [-0.25, -0.2) is 0 Å². The van der Waals surface area contributed by atoms with E-state index in [2.05, 4.69) is 19.2 Å². The molecule has 0 aliphatic heterocycles. The summed E-state index contributed by atoms with van der Waals surface area (Å²) in [6, 6.07) is 5.35. The summed E-state index contributed by atoms with van der Waals surface area (Å²) in [5.74, 6) is 1.51. The lowest BCUT2D eigenvalue weighted by atomic mass is 10.0. The van der Waals surface area contributed by atoms with Crippen molar-refractivity contribution in [3.63, 3.8) is 0 Å². The van der Waals surface area contributed by atoms with Crippen LogP contribution in [0.3, 0.4) is 0 Å². The maximum absolute atomic E-state index is 11.8. The minimum Gasteiger partial charge on any atom is -0.493 e. The number of hydrogen-bond acceptors (Lipinski definition) is 5. The number of nitrogens with one attached hydrogen (secondary N) is 1. The van der Waals surface area contributed by atoms with Crippen molar-refractivity contribution in [2.45, 2.75) is 32.9 Å². The Kier molecular flexibility index (Phi) is 7.02. The van der Waals surface area contributed by atoms with Crippen LogP contribution < -0.4 is 14.8 Å². The van der Waals surface area contributed by atoms with Crippen molar-refractivity contribution < 1.29 is 19.0 Å². The molecule has 5 heteroatoms. The Morgan fingerprint density at radius 3 is 2.43 bits per heavy atom. The van der Waals surface area contributed by atoms with E-state index in [9.17, 15) is 4.79 Å². The normalized spacial score (nSPS) is 12.1. The van der Waals surface area contributed by atoms with E-state index in [-0.39, 0.29) is 12.0 Å². The molecule has 0 saturated carbocycles. The maximum Gasteiger partial charge on any atom is 0.322 e. The largest absolute Gasteiger partial charge is 0.493 e.